The topological polar surface area (TPSA) is 69.9 Å². The molecule has 0 unspecified atom stereocenters. The number of hydrogen-bond acceptors (Lipinski definition) is 4. The van der Waals surface area contributed by atoms with Crippen LogP contribution in [0.1, 0.15) is 19.3 Å². The van der Waals surface area contributed by atoms with Crippen molar-refractivity contribution in [1.82, 2.24) is 9.97 Å². The van der Waals surface area contributed by atoms with Gasteiger partial charge in [-0.05, 0) is 25.2 Å². The minimum absolute atomic E-state index is 0.137. The lowest BCUT2D eigenvalue weighted by molar-refractivity contribution is -0.123. The quantitative estimate of drug-likeness (QED) is 0.762. The molecule has 1 aromatic heterocycles. The lowest BCUT2D eigenvalue weighted by Gasteiger charge is -2.20. The van der Waals surface area contributed by atoms with Gasteiger partial charge in [-0.25, -0.2) is 9.97 Å². The Balaban J connectivity index is 1.93. The van der Waals surface area contributed by atoms with Gasteiger partial charge in [-0.2, -0.15) is 5.26 Å². The van der Waals surface area contributed by atoms with Crippen molar-refractivity contribution in [2.45, 2.75) is 19.3 Å². The van der Waals surface area contributed by atoms with Crippen LogP contribution in [-0.4, -0.2) is 22.4 Å². The van der Waals surface area contributed by atoms with Gasteiger partial charge in [0.15, 0.2) is 0 Å². The highest BCUT2D eigenvalue weighted by Crippen LogP contribution is 2.51. The number of halogens is 1. The summed E-state index contributed by atoms with van der Waals surface area (Å²) in [6.07, 6.45) is 3.85. The zero-order valence-corrected chi connectivity index (χ0v) is 10.4. The number of nitrogens with zero attached hydrogens (tertiary/aromatic N) is 4. The number of nitriles is 1. The predicted molar refractivity (Wildman–Crippen MR) is 64.8 cm³/mol. The molecule has 0 bridgehead atoms. The maximum atomic E-state index is 12.5. The molecule has 2 heterocycles. The third-order valence-corrected chi connectivity index (χ3v) is 3.93. The molecule has 18 heavy (non-hydrogen) atoms. The summed E-state index contributed by atoms with van der Waals surface area (Å²) in [5.41, 5.74) is -0.836. The van der Waals surface area contributed by atoms with Gasteiger partial charge < -0.3 is 0 Å². The summed E-state index contributed by atoms with van der Waals surface area (Å²) in [4.78, 5) is 21.8. The molecule has 0 spiro atoms. The normalized spacial score (nSPS) is 27.3. The second-order valence-electron chi connectivity index (χ2n) is 4.76. The first-order valence-corrected chi connectivity index (χ1v) is 6.26. The first kappa shape index (κ1) is 11.4. The Kier molecular flexibility index (Phi) is 2.49. The number of amides is 1. The molecule has 1 amide bonds. The van der Waals surface area contributed by atoms with E-state index in [-0.39, 0.29) is 11.8 Å². The van der Waals surface area contributed by atoms with Crippen LogP contribution in [0, 0.1) is 22.7 Å². The van der Waals surface area contributed by atoms with E-state index in [0.717, 1.165) is 12.8 Å². The molecule has 1 aliphatic heterocycles. The summed E-state index contributed by atoms with van der Waals surface area (Å²) in [6.45, 7) is 0.524. The van der Waals surface area contributed by atoms with E-state index in [1.165, 1.54) is 6.33 Å². The molecular weight excluding hydrogens is 252 g/mol. The Morgan fingerprint density at radius 2 is 2.28 bits per heavy atom. The van der Waals surface area contributed by atoms with Crippen LogP contribution >= 0.6 is 11.6 Å². The van der Waals surface area contributed by atoms with Crippen LogP contribution in [-0.2, 0) is 4.79 Å². The van der Waals surface area contributed by atoms with Crippen molar-refractivity contribution in [3.8, 4) is 6.07 Å². The van der Waals surface area contributed by atoms with Gasteiger partial charge in [-0.1, -0.05) is 11.6 Å². The fraction of sp³-hybridized carbons (Fsp3) is 0.500. The molecule has 3 rings (SSSR count). The first-order valence-electron chi connectivity index (χ1n) is 5.88. The number of carbonyl (C=O) groups excluding carboxylic acids is 1. The molecule has 0 N–H and O–H groups in total. The second kappa shape index (κ2) is 3.92. The molecule has 2 aliphatic rings. The molecule has 1 saturated heterocycles. The maximum absolute atomic E-state index is 12.5. The lowest BCUT2D eigenvalue weighted by atomic mass is 9.83. The van der Waals surface area contributed by atoms with E-state index in [1.807, 2.05) is 0 Å². The van der Waals surface area contributed by atoms with Crippen LogP contribution in [0.5, 0.6) is 0 Å². The number of anilines is 1. The highest BCUT2D eigenvalue weighted by atomic mass is 35.5. The smallest absolute Gasteiger partial charge is 0.248 e. The SMILES string of the molecule is N#C[C@@]1(C2CC2)CCN(c2cc(Cl)ncn2)C1=O. The minimum atomic E-state index is -0.836. The molecule has 0 radical (unpaired) electrons. The van der Waals surface area contributed by atoms with Gasteiger partial charge in [0.25, 0.3) is 0 Å². The monoisotopic (exact) mass is 262 g/mol. The average Bonchev–Trinajstić information content (AvgIpc) is 3.15. The van der Waals surface area contributed by atoms with Crippen molar-refractivity contribution >= 4 is 23.3 Å². The molecule has 2 fully saturated rings. The van der Waals surface area contributed by atoms with Crippen LogP contribution in [0.25, 0.3) is 0 Å². The fourth-order valence-electron chi connectivity index (χ4n) is 2.58. The summed E-state index contributed by atoms with van der Waals surface area (Å²) in [7, 11) is 0. The lowest BCUT2D eigenvalue weighted by Crippen LogP contribution is -2.35. The Bertz CT molecular complexity index is 551. The largest absolute Gasteiger partial charge is 0.295 e. The van der Waals surface area contributed by atoms with Crippen molar-refractivity contribution in [1.29, 1.82) is 5.26 Å². The van der Waals surface area contributed by atoms with Gasteiger partial charge in [0.05, 0.1) is 6.07 Å². The van der Waals surface area contributed by atoms with Crippen molar-refractivity contribution in [3.63, 3.8) is 0 Å². The van der Waals surface area contributed by atoms with Gasteiger partial charge in [-0.15, -0.1) is 0 Å². The fourth-order valence-corrected chi connectivity index (χ4v) is 2.72. The van der Waals surface area contributed by atoms with Crippen LogP contribution in [0.4, 0.5) is 5.82 Å². The second-order valence-corrected chi connectivity index (χ2v) is 5.15. The Morgan fingerprint density at radius 1 is 1.50 bits per heavy atom. The van der Waals surface area contributed by atoms with Gasteiger partial charge in [0.1, 0.15) is 22.7 Å². The van der Waals surface area contributed by atoms with Crippen molar-refractivity contribution in [2.24, 2.45) is 11.3 Å². The summed E-state index contributed by atoms with van der Waals surface area (Å²) < 4.78 is 0. The third kappa shape index (κ3) is 1.57. The Morgan fingerprint density at radius 3 is 2.89 bits per heavy atom. The van der Waals surface area contributed by atoms with E-state index in [2.05, 4.69) is 16.0 Å². The van der Waals surface area contributed by atoms with Gasteiger partial charge in [0, 0.05) is 12.6 Å². The summed E-state index contributed by atoms with van der Waals surface area (Å²) in [5, 5.41) is 9.66. The average molecular weight is 263 g/mol. The van der Waals surface area contributed by atoms with E-state index in [0.29, 0.717) is 23.9 Å². The molecule has 0 aromatic carbocycles. The highest BCUT2D eigenvalue weighted by molar-refractivity contribution is 6.29. The molecule has 1 aliphatic carbocycles. The van der Waals surface area contributed by atoms with Crippen molar-refractivity contribution < 1.29 is 4.79 Å². The molecule has 1 aromatic rings. The summed E-state index contributed by atoms with van der Waals surface area (Å²) in [5.74, 6) is 0.567. The van der Waals surface area contributed by atoms with E-state index in [4.69, 9.17) is 11.6 Å². The molecule has 1 atom stereocenters. The van der Waals surface area contributed by atoms with Crippen LogP contribution in [0.3, 0.4) is 0 Å². The van der Waals surface area contributed by atoms with E-state index in [1.54, 1.807) is 11.0 Å². The highest BCUT2D eigenvalue weighted by Gasteiger charge is 2.57. The molecule has 92 valence electrons. The number of rotatable bonds is 2. The van der Waals surface area contributed by atoms with Gasteiger partial charge >= 0.3 is 0 Å². The van der Waals surface area contributed by atoms with E-state index < -0.39 is 5.41 Å². The van der Waals surface area contributed by atoms with Crippen LogP contribution < -0.4 is 4.90 Å². The summed E-state index contributed by atoms with van der Waals surface area (Å²) in [6, 6.07) is 3.79. The summed E-state index contributed by atoms with van der Waals surface area (Å²) >= 11 is 5.80. The molecule has 6 heteroatoms. The van der Waals surface area contributed by atoms with E-state index >= 15 is 0 Å². The first-order chi connectivity index (χ1) is 8.67. The number of aromatic nitrogens is 2. The molecule has 5 nitrogen and oxygen atoms in total. The molecular formula is C12H11ClN4O. The Hall–Kier alpha value is -1.67. The van der Waals surface area contributed by atoms with Crippen LogP contribution in [0.15, 0.2) is 12.4 Å². The standard InChI is InChI=1S/C12H11ClN4O/c13-9-5-10(16-7-15-9)17-4-3-12(6-14,11(17)18)8-1-2-8/h5,7-8H,1-4H2/t12-/m1/s1. The van der Waals surface area contributed by atoms with Crippen LogP contribution in [0.2, 0.25) is 5.15 Å². The van der Waals surface area contributed by atoms with Gasteiger partial charge in [0.2, 0.25) is 5.91 Å². The minimum Gasteiger partial charge on any atom is -0.295 e. The Labute approximate surface area is 109 Å². The van der Waals surface area contributed by atoms with Gasteiger partial charge in [-0.3, -0.25) is 9.69 Å². The molecule has 1 saturated carbocycles. The predicted octanol–water partition coefficient (Wildman–Crippen LogP) is 1.79. The zero-order valence-electron chi connectivity index (χ0n) is 9.64. The van der Waals surface area contributed by atoms with Crippen molar-refractivity contribution in [2.75, 3.05) is 11.4 Å². The number of hydrogen-bond donors (Lipinski definition) is 0. The van der Waals surface area contributed by atoms with E-state index in [9.17, 15) is 10.1 Å². The maximum Gasteiger partial charge on any atom is 0.248 e. The zero-order chi connectivity index (χ0) is 12.8. The van der Waals surface area contributed by atoms with Crippen molar-refractivity contribution in [3.05, 3.63) is 17.5 Å². The third-order valence-electron chi connectivity index (χ3n) is 3.73. The number of carbonyl (C=O) groups is 1.